The molecule has 1 unspecified atom stereocenters. The Hall–Kier alpha value is -0.890. The molecule has 1 atom stereocenters. The van der Waals surface area contributed by atoms with Gasteiger partial charge in [0.05, 0.1) is 6.61 Å². The first-order chi connectivity index (χ1) is 7.84. The van der Waals surface area contributed by atoms with Crippen molar-refractivity contribution in [2.45, 2.75) is 24.4 Å². The zero-order chi connectivity index (χ0) is 13.1. The van der Waals surface area contributed by atoms with Crippen molar-refractivity contribution in [1.82, 2.24) is 5.32 Å². The number of ether oxygens (including phenoxy) is 2. The van der Waals surface area contributed by atoms with Crippen molar-refractivity contribution < 1.29 is 31.8 Å². The van der Waals surface area contributed by atoms with Crippen molar-refractivity contribution in [2.24, 2.45) is 0 Å². The lowest BCUT2D eigenvalue weighted by atomic mass is 10.0. The third kappa shape index (κ3) is 3.06. The Morgan fingerprint density at radius 3 is 2.65 bits per heavy atom. The van der Waals surface area contributed by atoms with E-state index >= 15 is 0 Å². The van der Waals surface area contributed by atoms with Crippen molar-refractivity contribution in [2.75, 3.05) is 26.9 Å². The number of amides is 1. The minimum Gasteiger partial charge on any atom is -0.378 e. The van der Waals surface area contributed by atoms with Crippen LogP contribution in [-0.4, -0.2) is 50.7 Å². The third-order valence-corrected chi connectivity index (χ3v) is 2.65. The van der Waals surface area contributed by atoms with Crippen LogP contribution in [0, 0.1) is 0 Å². The SMILES string of the molecule is COC1(CNC(=O)C(F)(F)C(F)F)CCOC1. The number of hydrogen-bond acceptors (Lipinski definition) is 3. The lowest BCUT2D eigenvalue weighted by molar-refractivity contribution is -0.170. The molecule has 1 aliphatic heterocycles. The van der Waals surface area contributed by atoms with Crippen LogP contribution in [0.4, 0.5) is 17.6 Å². The van der Waals surface area contributed by atoms with Crippen LogP contribution in [-0.2, 0) is 14.3 Å². The Morgan fingerprint density at radius 2 is 2.24 bits per heavy atom. The summed E-state index contributed by atoms with van der Waals surface area (Å²) in [5, 5.41) is 1.76. The highest BCUT2D eigenvalue weighted by atomic mass is 19.3. The molecular formula is C9H13F4NO3. The number of hydrogen-bond donors (Lipinski definition) is 1. The fourth-order valence-electron chi connectivity index (χ4n) is 1.42. The number of rotatable bonds is 5. The lowest BCUT2D eigenvalue weighted by Crippen LogP contribution is -2.51. The van der Waals surface area contributed by atoms with E-state index in [1.54, 1.807) is 5.32 Å². The van der Waals surface area contributed by atoms with E-state index in [-0.39, 0.29) is 13.2 Å². The molecule has 0 aliphatic carbocycles. The largest absolute Gasteiger partial charge is 0.383 e. The standard InChI is InChI=1S/C9H13F4NO3/c1-16-8(2-3-17-5-8)4-14-7(15)9(12,13)6(10)11/h6H,2-5H2,1H3,(H,14,15). The van der Waals surface area contributed by atoms with E-state index in [0.717, 1.165) is 0 Å². The van der Waals surface area contributed by atoms with Crippen molar-refractivity contribution in [3.8, 4) is 0 Å². The molecule has 4 nitrogen and oxygen atoms in total. The van der Waals surface area contributed by atoms with Crippen LogP contribution < -0.4 is 5.32 Å². The summed E-state index contributed by atoms with van der Waals surface area (Å²) < 4.78 is 59.0. The fourth-order valence-corrected chi connectivity index (χ4v) is 1.42. The van der Waals surface area contributed by atoms with Crippen LogP contribution in [0.5, 0.6) is 0 Å². The second-order valence-electron chi connectivity index (χ2n) is 3.80. The van der Waals surface area contributed by atoms with Gasteiger partial charge < -0.3 is 14.8 Å². The number of carbonyl (C=O) groups is 1. The van der Waals surface area contributed by atoms with E-state index in [9.17, 15) is 22.4 Å². The Morgan fingerprint density at radius 1 is 1.59 bits per heavy atom. The molecule has 1 amide bonds. The zero-order valence-electron chi connectivity index (χ0n) is 9.14. The molecule has 1 rings (SSSR count). The van der Waals surface area contributed by atoms with Gasteiger partial charge in [-0.2, -0.15) is 8.78 Å². The minimum atomic E-state index is -4.69. The summed E-state index contributed by atoms with van der Waals surface area (Å²) in [6.07, 6.45) is -3.62. The normalized spacial score (nSPS) is 25.3. The summed E-state index contributed by atoms with van der Waals surface area (Å²) >= 11 is 0. The summed E-state index contributed by atoms with van der Waals surface area (Å²) in [7, 11) is 1.34. The highest BCUT2D eigenvalue weighted by Crippen LogP contribution is 2.25. The van der Waals surface area contributed by atoms with Gasteiger partial charge in [-0.3, -0.25) is 4.79 Å². The smallest absolute Gasteiger partial charge is 0.378 e. The van der Waals surface area contributed by atoms with Crippen molar-refractivity contribution in [3.05, 3.63) is 0 Å². The van der Waals surface area contributed by atoms with Gasteiger partial charge in [0.25, 0.3) is 5.91 Å². The first-order valence-electron chi connectivity index (χ1n) is 4.91. The number of nitrogens with one attached hydrogen (secondary N) is 1. The van der Waals surface area contributed by atoms with Gasteiger partial charge in [0.2, 0.25) is 0 Å². The minimum absolute atomic E-state index is 0.129. The maximum atomic E-state index is 12.6. The molecule has 17 heavy (non-hydrogen) atoms. The highest BCUT2D eigenvalue weighted by molar-refractivity contribution is 5.83. The molecule has 8 heteroatoms. The highest BCUT2D eigenvalue weighted by Gasteiger charge is 2.49. The summed E-state index contributed by atoms with van der Waals surface area (Å²) in [6.45, 7) is 0.212. The third-order valence-electron chi connectivity index (χ3n) is 2.65. The average molecular weight is 259 g/mol. The Bertz CT molecular complexity index is 279. The summed E-state index contributed by atoms with van der Waals surface area (Å²) in [6, 6.07) is 0. The van der Waals surface area contributed by atoms with E-state index in [1.807, 2.05) is 0 Å². The molecule has 0 spiro atoms. The van der Waals surface area contributed by atoms with Gasteiger partial charge in [-0.25, -0.2) is 8.78 Å². The number of methoxy groups -OCH3 is 1. The molecule has 0 radical (unpaired) electrons. The Labute approximate surface area is 95.3 Å². The number of halogens is 4. The van der Waals surface area contributed by atoms with Gasteiger partial charge in [0.15, 0.2) is 0 Å². The molecule has 0 aromatic carbocycles. The topological polar surface area (TPSA) is 47.6 Å². The molecule has 1 saturated heterocycles. The quantitative estimate of drug-likeness (QED) is 0.743. The van der Waals surface area contributed by atoms with E-state index < -0.39 is 23.9 Å². The van der Waals surface area contributed by atoms with Crippen LogP contribution in [0.25, 0.3) is 0 Å². The maximum Gasteiger partial charge on any atom is 0.383 e. The maximum absolute atomic E-state index is 12.6. The molecule has 1 N–H and O–H groups in total. The van der Waals surface area contributed by atoms with Crippen LogP contribution in [0.2, 0.25) is 0 Å². The predicted octanol–water partition coefficient (Wildman–Crippen LogP) is 0.808. The molecule has 1 fully saturated rings. The van der Waals surface area contributed by atoms with E-state index in [0.29, 0.717) is 13.0 Å². The Balaban J connectivity index is 2.53. The molecule has 1 heterocycles. The van der Waals surface area contributed by atoms with Gasteiger partial charge >= 0.3 is 12.3 Å². The molecule has 0 aromatic heterocycles. The molecule has 100 valence electrons. The van der Waals surface area contributed by atoms with Crippen LogP contribution >= 0.6 is 0 Å². The second kappa shape index (κ2) is 5.18. The number of carbonyl (C=O) groups excluding carboxylic acids is 1. The van der Waals surface area contributed by atoms with E-state index in [4.69, 9.17) is 9.47 Å². The zero-order valence-corrected chi connectivity index (χ0v) is 9.14. The molecular weight excluding hydrogens is 246 g/mol. The monoisotopic (exact) mass is 259 g/mol. The van der Waals surface area contributed by atoms with Gasteiger partial charge in [0.1, 0.15) is 5.60 Å². The van der Waals surface area contributed by atoms with Crippen molar-refractivity contribution in [3.63, 3.8) is 0 Å². The summed E-state index contributed by atoms with van der Waals surface area (Å²) in [4.78, 5) is 10.9. The predicted molar refractivity (Wildman–Crippen MR) is 49.1 cm³/mol. The summed E-state index contributed by atoms with van der Waals surface area (Å²) in [5.74, 6) is -6.69. The van der Waals surface area contributed by atoms with Gasteiger partial charge in [-0.15, -0.1) is 0 Å². The van der Waals surface area contributed by atoms with Gasteiger partial charge in [0, 0.05) is 26.7 Å². The van der Waals surface area contributed by atoms with Crippen molar-refractivity contribution >= 4 is 5.91 Å². The number of alkyl halides is 4. The van der Waals surface area contributed by atoms with E-state index in [1.165, 1.54) is 7.11 Å². The van der Waals surface area contributed by atoms with Gasteiger partial charge in [-0.05, 0) is 0 Å². The van der Waals surface area contributed by atoms with Crippen LogP contribution in [0.1, 0.15) is 6.42 Å². The molecule has 0 aromatic rings. The first-order valence-corrected chi connectivity index (χ1v) is 4.91. The van der Waals surface area contributed by atoms with Crippen LogP contribution in [0.15, 0.2) is 0 Å². The van der Waals surface area contributed by atoms with Crippen LogP contribution in [0.3, 0.4) is 0 Å². The average Bonchev–Trinajstić information content (AvgIpc) is 2.75. The molecule has 0 saturated carbocycles. The summed E-state index contributed by atoms with van der Waals surface area (Å²) in [5.41, 5.74) is -0.909. The lowest BCUT2D eigenvalue weighted by Gasteiger charge is -2.26. The van der Waals surface area contributed by atoms with Crippen molar-refractivity contribution in [1.29, 1.82) is 0 Å². The fraction of sp³-hybridized carbons (Fsp3) is 0.889. The van der Waals surface area contributed by atoms with E-state index in [2.05, 4.69) is 0 Å². The molecule has 0 bridgehead atoms. The Kier molecular flexibility index (Phi) is 4.31. The first kappa shape index (κ1) is 14.2. The second-order valence-corrected chi connectivity index (χ2v) is 3.80. The van der Waals surface area contributed by atoms with Gasteiger partial charge in [-0.1, -0.05) is 0 Å². The molecule has 1 aliphatic rings.